The molecule has 6 aromatic heterocycles. The number of nitrogens with two attached hydrogens (primary N) is 2. The number of halogens is 4. The number of aromatic nitrogens is 12. The van der Waals surface area contributed by atoms with Gasteiger partial charge >= 0.3 is 40.4 Å². The molecule has 0 unspecified atom stereocenters. The normalized spacial score (nSPS) is 10.0. The van der Waals surface area contributed by atoms with Crippen LogP contribution in [0.3, 0.4) is 0 Å². The van der Waals surface area contributed by atoms with Gasteiger partial charge in [0, 0.05) is 32.9 Å². The number of esters is 1. The van der Waals surface area contributed by atoms with E-state index in [1.54, 1.807) is 53.0 Å². The zero-order valence-electron chi connectivity index (χ0n) is 39.4. The second kappa shape index (κ2) is 34.4. The number of nitro groups is 5. The molecule has 6 heterocycles. The molecule has 0 amide bonds. The van der Waals surface area contributed by atoms with Gasteiger partial charge in [0.1, 0.15) is 42.3 Å². The SMILES string of the molecule is CC(C)(C)OC(=O)Cc1[nH]ncc1[N+](=O)[O-].COCCBr.COCCn1cc(N)c(Cl)n1.COCCn1cc([N+](=O)[O-])c(Cl)n1.Nc1[nH]ncc1[N+](=O)[O-].O=C(O)c1[nH]ncc1[N+](=O)[O-].O=[N+]([O-])c1cn[nH]c1Cl. The van der Waals surface area contributed by atoms with E-state index in [1.807, 2.05) is 5.10 Å². The highest BCUT2D eigenvalue weighted by atomic mass is 79.9. The van der Waals surface area contributed by atoms with Gasteiger partial charge in [0.2, 0.25) is 16.0 Å². The van der Waals surface area contributed by atoms with Crippen molar-refractivity contribution in [2.24, 2.45) is 0 Å². The molecular weight excluding hydrogens is 1130 g/mol. The van der Waals surface area contributed by atoms with Crippen molar-refractivity contribution in [1.29, 1.82) is 0 Å². The van der Waals surface area contributed by atoms with Gasteiger partial charge in [-0.25, -0.2) is 4.79 Å². The van der Waals surface area contributed by atoms with Crippen LogP contribution in [-0.4, -0.2) is 154 Å². The van der Waals surface area contributed by atoms with E-state index in [4.69, 9.17) is 65.6 Å². The smallest absolute Gasteiger partial charge is 0.361 e. The maximum absolute atomic E-state index is 11.4. The number of ether oxygens (including phenoxy) is 4. The van der Waals surface area contributed by atoms with Crippen LogP contribution in [0.2, 0.25) is 15.5 Å². The number of carboxylic acids is 1. The summed E-state index contributed by atoms with van der Waals surface area (Å²) < 4.78 is 22.3. The summed E-state index contributed by atoms with van der Waals surface area (Å²) in [4.78, 5) is 69.3. The van der Waals surface area contributed by atoms with Gasteiger partial charge in [-0.3, -0.25) is 85.1 Å². The summed E-state index contributed by atoms with van der Waals surface area (Å²) in [5, 5.41) is 90.3. The summed E-state index contributed by atoms with van der Waals surface area (Å²) in [6.07, 6.45) is 6.82. The third-order valence-corrected chi connectivity index (χ3v) is 8.41. The maximum Gasteiger partial charge on any atom is 0.361 e. The maximum atomic E-state index is 11.4. The fourth-order valence-electron chi connectivity index (χ4n) is 4.12. The summed E-state index contributed by atoms with van der Waals surface area (Å²) in [7, 11) is 4.86. The molecule has 9 N–H and O–H groups in total. The molecule has 6 rings (SSSR count). The number of aromatic amines is 4. The Morgan fingerprint density at radius 2 is 1.11 bits per heavy atom. The lowest BCUT2D eigenvalue weighted by Gasteiger charge is -2.18. The number of rotatable bonds is 16. The molecule has 0 atom stereocenters. The molecule has 0 saturated carbocycles. The minimum Gasteiger partial charge on any atom is -0.476 e. The molecule has 0 spiro atoms. The van der Waals surface area contributed by atoms with Crippen LogP contribution in [0.4, 0.5) is 39.9 Å². The number of methoxy groups -OCH3 is 3. The van der Waals surface area contributed by atoms with Crippen molar-refractivity contribution in [2.75, 3.05) is 57.9 Å². The molecular formula is C34H47BrCl3N19O17. The van der Waals surface area contributed by atoms with Gasteiger partial charge in [0.15, 0.2) is 11.0 Å². The van der Waals surface area contributed by atoms with Crippen LogP contribution in [0.5, 0.6) is 0 Å². The van der Waals surface area contributed by atoms with Crippen LogP contribution >= 0.6 is 50.7 Å². The van der Waals surface area contributed by atoms with Gasteiger partial charge in [-0.05, 0) is 20.8 Å². The molecule has 0 aliphatic rings. The number of carbonyl (C=O) groups is 2. The molecule has 0 saturated heterocycles. The molecule has 0 radical (unpaired) electrons. The van der Waals surface area contributed by atoms with Gasteiger partial charge in [-0.2, -0.15) is 30.6 Å². The number of hydrogen-bond acceptors (Lipinski definition) is 24. The number of hydrogen-bond donors (Lipinski definition) is 7. The van der Waals surface area contributed by atoms with Gasteiger partial charge in [-0.1, -0.05) is 50.7 Å². The van der Waals surface area contributed by atoms with Crippen LogP contribution < -0.4 is 11.5 Å². The van der Waals surface area contributed by atoms with Crippen LogP contribution in [0, 0.1) is 50.6 Å². The first-order valence-corrected chi connectivity index (χ1v) is 21.9. The highest BCUT2D eigenvalue weighted by Gasteiger charge is 2.24. The Hall–Kier alpha value is -7.97. The number of nitrogens with zero attached hydrogens (tertiary/aromatic N) is 13. The van der Waals surface area contributed by atoms with E-state index in [1.165, 1.54) is 10.9 Å². The quantitative estimate of drug-likeness (QED) is 0.0291. The number of anilines is 2. The van der Waals surface area contributed by atoms with Crippen LogP contribution in [0.25, 0.3) is 0 Å². The summed E-state index contributed by atoms with van der Waals surface area (Å²) in [5.41, 5.74) is 8.78. The fraction of sp³-hybridized carbons (Fsp3) is 0.412. The van der Waals surface area contributed by atoms with Crippen LogP contribution in [0.15, 0.2) is 37.2 Å². The first-order valence-electron chi connectivity index (χ1n) is 19.6. The number of nitrogen functional groups attached to an aromatic ring is 2. The number of nitrogens with one attached hydrogen (secondary N) is 4. The Morgan fingerprint density at radius 3 is 1.45 bits per heavy atom. The van der Waals surface area contributed by atoms with Crippen molar-refractivity contribution in [2.45, 2.75) is 45.9 Å². The lowest BCUT2D eigenvalue weighted by Crippen LogP contribution is -2.25. The second-order valence-electron chi connectivity index (χ2n) is 13.8. The predicted molar refractivity (Wildman–Crippen MR) is 262 cm³/mol. The van der Waals surface area contributed by atoms with E-state index in [-0.39, 0.29) is 51.0 Å². The van der Waals surface area contributed by atoms with Crippen molar-refractivity contribution in [3.63, 3.8) is 0 Å². The molecule has 0 fully saturated rings. The fourth-order valence-corrected chi connectivity index (χ4v) is 4.97. The predicted octanol–water partition coefficient (Wildman–Crippen LogP) is 4.97. The molecule has 0 aliphatic heterocycles. The van der Waals surface area contributed by atoms with Gasteiger partial charge in [0.25, 0.3) is 0 Å². The molecule has 0 aliphatic carbocycles. The van der Waals surface area contributed by atoms with Crippen molar-refractivity contribution in [1.82, 2.24) is 60.4 Å². The van der Waals surface area contributed by atoms with E-state index in [9.17, 15) is 60.2 Å². The Kier molecular flexibility index (Phi) is 30.7. The first-order chi connectivity index (χ1) is 34.6. The molecule has 6 aromatic rings. The van der Waals surface area contributed by atoms with Crippen LogP contribution in [-0.2, 0) is 43.3 Å². The average Bonchev–Trinajstić information content (AvgIpc) is 4.18. The van der Waals surface area contributed by atoms with Crippen molar-refractivity contribution in [3.8, 4) is 0 Å². The molecule has 0 bridgehead atoms. The minimum atomic E-state index is -1.39. The van der Waals surface area contributed by atoms with E-state index >= 15 is 0 Å². The van der Waals surface area contributed by atoms with Crippen LogP contribution in [0.1, 0.15) is 37.0 Å². The lowest BCUT2D eigenvalue weighted by atomic mass is 10.2. The Bertz CT molecular complexity index is 2600. The zero-order valence-corrected chi connectivity index (χ0v) is 43.2. The third kappa shape index (κ3) is 25.9. The summed E-state index contributed by atoms with van der Waals surface area (Å²) in [5.74, 6) is -1.94. The Morgan fingerprint density at radius 1 is 0.662 bits per heavy atom. The number of alkyl halides is 1. The number of carboxylic acid groups (broad SMARTS) is 1. The topological polar surface area (TPSA) is 509 Å². The van der Waals surface area contributed by atoms with Crippen molar-refractivity contribution < 1.29 is 58.3 Å². The standard InChI is InChI=1S/C9H13N3O4.C6H8ClN3O3.C6H10ClN3O.C4H3N3O4.C3H7BrO.C3H2ClN3O2.C3H4N4O2/c1-9(2,3)16-8(13)4-6-7(12(14)15)5-10-11-6;1-13-3-2-9-4-5(10(11)12)6(7)8-9;1-11-3-2-10-4-5(8)6(7)9-10;8-4(9)3-2(7(10)11)1-5-6-3;1-5-3-2-4;2*4-3-2(7(8)9)1-5-6-3/h5H,4H2,1-3H3,(H,10,11);4H,2-3H2,1H3;4H,2-3,8H2,1H3;1H,(H,5,6)(H,8,9);2-3H2,1H3;1H,(H,5,6);1H,(H3,4,5,6). The molecule has 36 nitrogen and oxygen atoms in total. The van der Waals surface area contributed by atoms with Gasteiger partial charge in [-0.15, -0.1) is 0 Å². The number of aromatic carboxylic acids is 1. The zero-order chi connectivity index (χ0) is 56.7. The molecule has 40 heteroatoms. The average molecular weight is 1180 g/mol. The largest absolute Gasteiger partial charge is 0.476 e. The molecule has 408 valence electrons. The number of carbonyl (C=O) groups excluding carboxylic acids is 1. The highest BCUT2D eigenvalue weighted by Crippen LogP contribution is 2.22. The van der Waals surface area contributed by atoms with Gasteiger partial charge < -0.3 is 35.5 Å². The molecule has 0 aromatic carbocycles. The Balaban J connectivity index is 0.000000856. The Labute approximate surface area is 438 Å². The van der Waals surface area contributed by atoms with Gasteiger partial charge in [0.05, 0.1) is 69.6 Å². The lowest BCUT2D eigenvalue weighted by molar-refractivity contribution is -0.385. The third-order valence-electron chi connectivity index (χ3n) is 7.25. The second-order valence-corrected chi connectivity index (χ2v) is 15.7. The van der Waals surface area contributed by atoms with E-state index < -0.39 is 53.5 Å². The highest BCUT2D eigenvalue weighted by molar-refractivity contribution is 9.09. The minimum absolute atomic E-state index is 0.0139. The first kappa shape index (κ1) is 66.0. The summed E-state index contributed by atoms with van der Waals surface area (Å²) >= 11 is 19.6. The molecule has 74 heavy (non-hydrogen) atoms. The van der Waals surface area contributed by atoms with E-state index in [2.05, 4.69) is 66.6 Å². The van der Waals surface area contributed by atoms with E-state index in [0.29, 0.717) is 37.1 Å². The monoisotopic (exact) mass is 1180 g/mol. The van der Waals surface area contributed by atoms with E-state index in [0.717, 1.165) is 36.7 Å². The summed E-state index contributed by atoms with van der Waals surface area (Å²) in [6.45, 7) is 8.16. The summed E-state index contributed by atoms with van der Waals surface area (Å²) in [6, 6.07) is 0. The number of H-pyrrole nitrogens is 4. The van der Waals surface area contributed by atoms with Crippen molar-refractivity contribution in [3.05, 3.63) is 115 Å². The van der Waals surface area contributed by atoms with Crippen molar-refractivity contribution >= 4 is 103 Å².